The molecule has 0 bridgehead atoms. The molecular weight excluding hydrogens is 334 g/mol. The van der Waals surface area contributed by atoms with Gasteiger partial charge in [0, 0.05) is 17.6 Å². The van der Waals surface area contributed by atoms with Crippen molar-refractivity contribution in [2.45, 2.75) is 6.54 Å². The Morgan fingerprint density at radius 2 is 2.09 bits per heavy atom. The molecule has 0 aliphatic carbocycles. The van der Waals surface area contributed by atoms with Gasteiger partial charge in [-0.1, -0.05) is 12.1 Å². The lowest BCUT2D eigenvalue weighted by molar-refractivity contribution is 0.0947. The molecular formula is C15H15N3O3S2. The summed E-state index contributed by atoms with van der Waals surface area (Å²) in [5, 5.41) is 5.79. The fourth-order valence-electron chi connectivity index (χ4n) is 2.21. The first-order valence-electron chi connectivity index (χ1n) is 6.82. The third kappa shape index (κ3) is 3.91. The number of thiophene rings is 1. The van der Waals surface area contributed by atoms with Crippen molar-refractivity contribution in [2.75, 3.05) is 11.0 Å². The molecule has 6 nitrogen and oxygen atoms in total. The number of aromatic nitrogens is 1. The lowest BCUT2D eigenvalue weighted by Crippen LogP contribution is -2.23. The van der Waals surface area contributed by atoms with Crippen LogP contribution < -0.4 is 10.0 Å². The minimum absolute atomic E-state index is 0.199. The van der Waals surface area contributed by atoms with Crippen molar-refractivity contribution in [3.05, 3.63) is 53.0 Å². The van der Waals surface area contributed by atoms with Crippen molar-refractivity contribution in [3.8, 4) is 0 Å². The van der Waals surface area contributed by atoms with E-state index in [9.17, 15) is 13.2 Å². The van der Waals surface area contributed by atoms with Crippen LogP contribution in [0.5, 0.6) is 0 Å². The molecule has 0 saturated heterocycles. The van der Waals surface area contributed by atoms with Gasteiger partial charge in [0.15, 0.2) is 0 Å². The van der Waals surface area contributed by atoms with E-state index in [0.29, 0.717) is 17.9 Å². The Kier molecular flexibility index (Phi) is 4.10. The third-order valence-electron chi connectivity index (χ3n) is 3.17. The van der Waals surface area contributed by atoms with Crippen LogP contribution in [0.1, 0.15) is 16.1 Å². The second-order valence-electron chi connectivity index (χ2n) is 5.15. The van der Waals surface area contributed by atoms with Crippen molar-refractivity contribution in [1.29, 1.82) is 0 Å². The summed E-state index contributed by atoms with van der Waals surface area (Å²) in [7, 11) is -3.32. The normalized spacial score (nSPS) is 11.5. The van der Waals surface area contributed by atoms with Crippen molar-refractivity contribution < 1.29 is 13.2 Å². The van der Waals surface area contributed by atoms with E-state index in [4.69, 9.17) is 0 Å². The Balaban J connectivity index is 1.67. The number of hydrogen-bond acceptors (Lipinski definition) is 4. The second-order valence-corrected chi connectivity index (χ2v) is 7.81. The number of carbonyl (C=O) groups excluding carboxylic acids is 1. The number of amides is 1. The largest absolute Gasteiger partial charge is 0.347 e. The number of benzene rings is 1. The first-order chi connectivity index (χ1) is 10.9. The number of anilines is 1. The molecule has 3 N–H and O–H groups in total. The highest BCUT2D eigenvalue weighted by molar-refractivity contribution is 7.92. The molecule has 0 aliphatic heterocycles. The first kappa shape index (κ1) is 15.6. The third-order valence-corrected chi connectivity index (χ3v) is 4.62. The number of sulfonamides is 1. The molecule has 1 aromatic carbocycles. The van der Waals surface area contributed by atoms with Crippen LogP contribution in [0.3, 0.4) is 0 Å². The highest BCUT2D eigenvalue weighted by atomic mass is 32.2. The smallest absolute Gasteiger partial charge is 0.268 e. The highest BCUT2D eigenvalue weighted by Gasteiger charge is 2.10. The van der Waals surface area contributed by atoms with Crippen LogP contribution in [-0.4, -0.2) is 25.6 Å². The molecule has 8 heteroatoms. The van der Waals surface area contributed by atoms with Gasteiger partial charge in [0.1, 0.15) is 10.5 Å². The van der Waals surface area contributed by atoms with Crippen molar-refractivity contribution in [2.24, 2.45) is 0 Å². The summed E-state index contributed by atoms with van der Waals surface area (Å²) in [4.78, 5) is 16.2. The van der Waals surface area contributed by atoms with E-state index < -0.39 is 10.0 Å². The lowest BCUT2D eigenvalue weighted by atomic mass is 10.2. The number of nitrogens with one attached hydrogen (secondary N) is 3. The van der Waals surface area contributed by atoms with E-state index in [1.54, 1.807) is 29.5 Å². The van der Waals surface area contributed by atoms with Crippen LogP contribution in [-0.2, 0) is 16.6 Å². The maximum Gasteiger partial charge on any atom is 0.268 e. The van der Waals surface area contributed by atoms with Gasteiger partial charge in [-0.2, -0.15) is 0 Å². The van der Waals surface area contributed by atoms with E-state index in [-0.39, 0.29) is 5.91 Å². The van der Waals surface area contributed by atoms with Gasteiger partial charge in [0.05, 0.1) is 6.26 Å². The number of rotatable bonds is 5. The molecule has 3 aromatic rings. The summed E-state index contributed by atoms with van der Waals surface area (Å²) in [6, 6.07) is 10.7. The topological polar surface area (TPSA) is 91.1 Å². The first-order valence-corrected chi connectivity index (χ1v) is 9.59. The van der Waals surface area contributed by atoms with Crippen LogP contribution in [0, 0.1) is 0 Å². The summed E-state index contributed by atoms with van der Waals surface area (Å²) >= 11 is 1.55. The monoisotopic (exact) mass is 349 g/mol. The van der Waals surface area contributed by atoms with Gasteiger partial charge in [0.25, 0.3) is 5.91 Å². The van der Waals surface area contributed by atoms with Gasteiger partial charge in [-0.15, -0.1) is 11.3 Å². The minimum atomic E-state index is -3.32. The SMILES string of the molecule is CS(=O)(=O)Nc1cccc(CNC(=O)c2cc3ccsc3[nH]2)c1. The standard InChI is InChI=1S/C15H15N3O3S2/c1-23(20,21)18-12-4-2-3-10(7-12)9-16-14(19)13-8-11-5-6-22-15(11)17-13/h2-8,17-18H,9H2,1H3,(H,16,19). The quantitative estimate of drug-likeness (QED) is 0.661. The van der Waals surface area contributed by atoms with Crippen molar-refractivity contribution in [1.82, 2.24) is 10.3 Å². The maximum atomic E-state index is 12.2. The Bertz CT molecular complexity index is 929. The molecule has 0 aliphatic rings. The minimum Gasteiger partial charge on any atom is -0.347 e. The average molecular weight is 349 g/mol. The molecule has 0 unspecified atom stereocenters. The molecule has 0 saturated carbocycles. The van der Waals surface area contributed by atoms with E-state index >= 15 is 0 Å². The molecule has 120 valence electrons. The van der Waals surface area contributed by atoms with Crippen LogP contribution in [0.25, 0.3) is 10.2 Å². The Morgan fingerprint density at radius 3 is 2.83 bits per heavy atom. The molecule has 0 radical (unpaired) electrons. The summed E-state index contributed by atoms with van der Waals surface area (Å²) in [5.41, 5.74) is 1.79. The zero-order chi connectivity index (χ0) is 16.4. The van der Waals surface area contributed by atoms with Crippen LogP contribution >= 0.6 is 11.3 Å². The Morgan fingerprint density at radius 1 is 1.26 bits per heavy atom. The number of hydrogen-bond donors (Lipinski definition) is 3. The molecule has 0 fully saturated rings. The van der Waals surface area contributed by atoms with Gasteiger partial charge in [-0.3, -0.25) is 9.52 Å². The number of carbonyl (C=O) groups is 1. The molecule has 0 spiro atoms. The Hall–Kier alpha value is -2.32. The maximum absolute atomic E-state index is 12.2. The van der Waals surface area contributed by atoms with E-state index in [2.05, 4.69) is 15.0 Å². The zero-order valence-corrected chi connectivity index (χ0v) is 13.9. The van der Waals surface area contributed by atoms with Gasteiger partial charge in [0.2, 0.25) is 10.0 Å². The van der Waals surface area contributed by atoms with Crippen LogP contribution in [0.15, 0.2) is 41.8 Å². The average Bonchev–Trinajstić information content (AvgIpc) is 3.04. The van der Waals surface area contributed by atoms with Gasteiger partial charge in [-0.25, -0.2) is 8.42 Å². The summed E-state index contributed by atoms with van der Waals surface area (Å²) in [5.74, 6) is -0.199. The molecule has 3 rings (SSSR count). The molecule has 2 heterocycles. The number of fused-ring (bicyclic) bond motifs is 1. The van der Waals surface area contributed by atoms with Crippen LogP contribution in [0.4, 0.5) is 5.69 Å². The number of aromatic amines is 1. The van der Waals surface area contributed by atoms with E-state index in [0.717, 1.165) is 22.0 Å². The summed E-state index contributed by atoms with van der Waals surface area (Å²) < 4.78 is 24.9. The highest BCUT2D eigenvalue weighted by Crippen LogP contribution is 2.21. The van der Waals surface area contributed by atoms with Gasteiger partial charge >= 0.3 is 0 Å². The fraction of sp³-hybridized carbons (Fsp3) is 0.133. The van der Waals surface area contributed by atoms with Gasteiger partial charge in [-0.05, 0) is 35.2 Å². The lowest BCUT2D eigenvalue weighted by Gasteiger charge is -2.07. The predicted octanol–water partition coefficient (Wildman–Crippen LogP) is 2.53. The molecule has 1 amide bonds. The van der Waals surface area contributed by atoms with E-state index in [1.807, 2.05) is 23.6 Å². The van der Waals surface area contributed by atoms with Crippen molar-refractivity contribution >= 4 is 43.2 Å². The summed E-state index contributed by atoms with van der Waals surface area (Å²) in [6.45, 7) is 0.310. The predicted molar refractivity (Wildman–Crippen MR) is 92.3 cm³/mol. The van der Waals surface area contributed by atoms with Crippen LogP contribution in [0.2, 0.25) is 0 Å². The molecule has 23 heavy (non-hydrogen) atoms. The second kappa shape index (κ2) is 6.05. The number of H-pyrrole nitrogens is 1. The van der Waals surface area contributed by atoms with E-state index in [1.165, 1.54) is 0 Å². The summed E-state index contributed by atoms with van der Waals surface area (Å²) in [6.07, 6.45) is 1.10. The fourth-order valence-corrected chi connectivity index (χ4v) is 3.54. The van der Waals surface area contributed by atoms with Gasteiger partial charge < -0.3 is 10.3 Å². The zero-order valence-electron chi connectivity index (χ0n) is 12.3. The molecule has 0 atom stereocenters. The molecule has 2 aromatic heterocycles. The van der Waals surface area contributed by atoms with Crippen molar-refractivity contribution in [3.63, 3.8) is 0 Å². The Labute approximate surface area is 137 Å².